The van der Waals surface area contributed by atoms with Crippen molar-refractivity contribution >= 4 is 28.2 Å². The van der Waals surface area contributed by atoms with Gasteiger partial charge in [-0.25, -0.2) is 4.79 Å². The Balaban J connectivity index is 2.65. The van der Waals surface area contributed by atoms with Crippen molar-refractivity contribution in [1.29, 1.82) is 0 Å². The summed E-state index contributed by atoms with van der Waals surface area (Å²) in [7, 11) is -4.66. The number of hydrogen-bond acceptors (Lipinski definition) is 3. The van der Waals surface area contributed by atoms with Gasteiger partial charge in [0.1, 0.15) is 4.91 Å². The van der Waals surface area contributed by atoms with Crippen molar-refractivity contribution in [3.63, 3.8) is 0 Å². The molecule has 26 heavy (non-hydrogen) atoms. The summed E-state index contributed by atoms with van der Waals surface area (Å²) < 4.78 is 33.6. The maximum Gasteiger partial charge on any atom is 0.331 e. The highest BCUT2D eigenvalue weighted by Gasteiger charge is 2.21. The lowest BCUT2D eigenvalue weighted by molar-refractivity contribution is -0.132. The first-order valence-electron chi connectivity index (χ1n) is 7.71. The Bertz CT molecular complexity index is 969. The topological polar surface area (TPSA) is 91.7 Å². The van der Waals surface area contributed by atoms with Crippen molar-refractivity contribution in [3.05, 3.63) is 93.9 Å². The molecule has 2 N–H and O–H groups in total. The van der Waals surface area contributed by atoms with Crippen molar-refractivity contribution < 1.29 is 22.9 Å². The van der Waals surface area contributed by atoms with Crippen LogP contribution in [0.5, 0.6) is 0 Å². The van der Waals surface area contributed by atoms with Gasteiger partial charge in [0.2, 0.25) is 0 Å². The van der Waals surface area contributed by atoms with Crippen LogP contribution in [0.2, 0.25) is 0 Å². The Kier molecular flexibility index (Phi) is 6.27. The number of aliphatic carboxylic acids is 1. The zero-order valence-corrected chi connectivity index (χ0v) is 14.8. The van der Waals surface area contributed by atoms with Crippen molar-refractivity contribution in [2.24, 2.45) is 0 Å². The molecular weight excluding hydrogens is 352 g/mol. The highest BCUT2D eigenvalue weighted by atomic mass is 32.2. The maximum absolute atomic E-state index is 11.9. The second-order valence-corrected chi connectivity index (χ2v) is 6.87. The molecule has 2 aromatic carbocycles. The Morgan fingerprint density at radius 2 is 1.42 bits per heavy atom. The summed E-state index contributed by atoms with van der Waals surface area (Å²) in [6.07, 6.45) is 4.21. The van der Waals surface area contributed by atoms with E-state index in [4.69, 9.17) is 0 Å². The lowest BCUT2D eigenvalue weighted by Gasteiger charge is -2.09. The molecule has 0 aliphatic rings. The first kappa shape index (κ1) is 19.4. The fourth-order valence-corrected chi connectivity index (χ4v) is 3.03. The van der Waals surface area contributed by atoms with Crippen LogP contribution in [0.3, 0.4) is 0 Å². The van der Waals surface area contributed by atoms with E-state index in [1.807, 2.05) is 6.07 Å². The number of rotatable bonds is 6. The van der Waals surface area contributed by atoms with Crippen LogP contribution in [0.4, 0.5) is 0 Å². The van der Waals surface area contributed by atoms with Crippen LogP contribution >= 0.6 is 0 Å². The molecular formula is C20H18O5S. The normalized spacial score (nSPS) is 13.5. The Labute approximate surface area is 152 Å². The van der Waals surface area contributed by atoms with Gasteiger partial charge in [-0.1, -0.05) is 72.8 Å². The molecule has 0 aromatic heterocycles. The Hall–Kier alpha value is -2.96. The molecule has 0 radical (unpaired) electrons. The second-order valence-electron chi connectivity index (χ2n) is 5.48. The maximum atomic E-state index is 11.9. The first-order chi connectivity index (χ1) is 12.3. The zero-order chi connectivity index (χ0) is 19.2. The van der Waals surface area contributed by atoms with Gasteiger partial charge in [0.25, 0.3) is 10.1 Å². The molecule has 2 rings (SSSR count). The number of carboxylic acid groups (broad SMARTS) is 1. The van der Waals surface area contributed by atoms with Gasteiger partial charge in [0.15, 0.2) is 0 Å². The first-order valence-corrected chi connectivity index (χ1v) is 9.15. The minimum absolute atomic E-state index is 0.0901. The fourth-order valence-electron chi connectivity index (χ4n) is 2.24. The van der Waals surface area contributed by atoms with E-state index >= 15 is 0 Å². The average molecular weight is 370 g/mol. The van der Waals surface area contributed by atoms with E-state index in [1.54, 1.807) is 60.7 Å². The standard InChI is InChI=1S/C20H18O5S/c1-15(20(21)22)18(13-12-16-8-4-2-5-9-16)19(26(23,24)25)14-17-10-6-3-7-11-17/h2-14H,1H3,(H,21,22)(H,23,24,25). The van der Waals surface area contributed by atoms with Crippen molar-refractivity contribution in [3.8, 4) is 0 Å². The van der Waals surface area contributed by atoms with Gasteiger partial charge in [-0.2, -0.15) is 8.42 Å². The number of benzene rings is 2. The number of carboxylic acids is 1. The summed E-state index contributed by atoms with van der Waals surface area (Å²) in [5.74, 6) is -1.28. The van der Waals surface area contributed by atoms with E-state index in [0.29, 0.717) is 5.56 Å². The van der Waals surface area contributed by atoms with Crippen LogP contribution in [-0.2, 0) is 14.9 Å². The molecule has 0 heterocycles. The molecule has 0 unspecified atom stereocenters. The van der Waals surface area contributed by atoms with Crippen molar-refractivity contribution in [2.45, 2.75) is 6.92 Å². The summed E-state index contributed by atoms with van der Waals surface area (Å²) in [6.45, 7) is 1.29. The van der Waals surface area contributed by atoms with E-state index in [1.165, 1.54) is 19.1 Å². The van der Waals surface area contributed by atoms with Gasteiger partial charge >= 0.3 is 5.97 Å². The van der Waals surface area contributed by atoms with E-state index in [-0.39, 0.29) is 11.1 Å². The predicted octanol–water partition coefficient (Wildman–Crippen LogP) is 4.03. The molecule has 0 saturated carbocycles. The highest BCUT2D eigenvalue weighted by molar-refractivity contribution is 7.90. The molecule has 5 nitrogen and oxygen atoms in total. The molecule has 0 spiro atoms. The molecule has 0 atom stereocenters. The molecule has 2 aromatic rings. The van der Waals surface area contributed by atoms with Crippen LogP contribution in [0.1, 0.15) is 18.1 Å². The quantitative estimate of drug-likeness (QED) is 0.455. The zero-order valence-electron chi connectivity index (χ0n) is 14.0. The minimum atomic E-state index is -4.66. The lowest BCUT2D eigenvalue weighted by atomic mass is 10.0. The van der Waals surface area contributed by atoms with E-state index in [0.717, 1.165) is 5.56 Å². The van der Waals surface area contributed by atoms with Crippen LogP contribution in [0, 0.1) is 0 Å². The molecule has 0 fully saturated rings. The third-order valence-electron chi connectivity index (χ3n) is 3.61. The van der Waals surface area contributed by atoms with Gasteiger partial charge in [0, 0.05) is 11.1 Å². The molecule has 0 bridgehead atoms. The average Bonchev–Trinajstić information content (AvgIpc) is 2.61. The monoisotopic (exact) mass is 370 g/mol. The van der Waals surface area contributed by atoms with Gasteiger partial charge < -0.3 is 5.11 Å². The SMILES string of the molecule is CC(C(=O)O)=C(C=Cc1ccccc1)C(=Cc1ccccc1)S(=O)(=O)O. The van der Waals surface area contributed by atoms with Crippen molar-refractivity contribution in [1.82, 2.24) is 0 Å². The van der Waals surface area contributed by atoms with E-state index in [2.05, 4.69) is 0 Å². The molecule has 0 aliphatic heterocycles. The van der Waals surface area contributed by atoms with Gasteiger partial charge in [-0.05, 0) is 24.1 Å². The van der Waals surface area contributed by atoms with Gasteiger partial charge in [0.05, 0.1) is 0 Å². The lowest BCUT2D eigenvalue weighted by Crippen LogP contribution is -2.09. The Morgan fingerprint density at radius 1 is 0.923 bits per heavy atom. The second kappa shape index (κ2) is 8.42. The molecule has 134 valence electrons. The largest absolute Gasteiger partial charge is 0.478 e. The van der Waals surface area contributed by atoms with Crippen LogP contribution in [0.15, 0.2) is 82.8 Å². The smallest absolute Gasteiger partial charge is 0.331 e. The molecule has 6 heteroatoms. The minimum Gasteiger partial charge on any atom is -0.478 e. The Morgan fingerprint density at radius 3 is 1.88 bits per heavy atom. The third-order valence-corrected chi connectivity index (χ3v) is 4.50. The van der Waals surface area contributed by atoms with Crippen LogP contribution in [-0.4, -0.2) is 24.0 Å². The van der Waals surface area contributed by atoms with Crippen LogP contribution in [0.25, 0.3) is 12.2 Å². The number of carbonyl (C=O) groups is 1. The fraction of sp³-hybridized carbons (Fsp3) is 0.0500. The third kappa shape index (κ3) is 5.27. The van der Waals surface area contributed by atoms with Crippen LogP contribution < -0.4 is 0 Å². The predicted molar refractivity (Wildman–Crippen MR) is 102 cm³/mol. The summed E-state index contributed by atoms with van der Waals surface area (Å²) in [6, 6.07) is 17.5. The van der Waals surface area contributed by atoms with E-state index in [9.17, 15) is 22.9 Å². The highest BCUT2D eigenvalue weighted by Crippen LogP contribution is 2.25. The summed E-state index contributed by atoms with van der Waals surface area (Å²) in [5, 5.41) is 9.33. The number of hydrogen-bond donors (Lipinski definition) is 2. The van der Waals surface area contributed by atoms with Gasteiger partial charge in [-0.3, -0.25) is 4.55 Å². The van der Waals surface area contributed by atoms with Crippen molar-refractivity contribution in [2.75, 3.05) is 0 Å². The summed E-state index contributed by atoms with van der Waals surface area (Å²) in [5.41, 5.74) is 0.992. The number of allylic oxidation sites excluding steroid dienone is 2. The molecule has 0 amide bonds. The summed E-state index contributed by atoms with van der Waals surface area (Å²) in [4.78, 5) is 11.0. The molecule has 0 saturated heterocycles. The van der Waals surface area contributed by atoms with E-state index < -0.39 is 21.0 Å². The molecule has 0 aliphatic carbocycles. The summed E-state index contributed by atoms with van der Waals surface area (Å²) >= 11 is 0. The van der Waals surface area contributed by atoms with Gasteiger partial charge in [-0.15, -0.1) is 0 Å².